The Labute approximate surface area is 147 Å². The molecule has 3 heterocycles. The van der Waals surface area contributed by atoms with E-state index in [4.69, 9.17) is 0 Å². The van der Waals surface area contributed by atoms with Gasteiger partial charge in [-0.25, -0.2) is 9.97 Å². The first-order chi connectivity index (χ1) is 11.3. The summed E-state index contributed by atoms with van der Waals surface area (Å²) in [6.45, 7) is 2.15. The van der Waals surface area contributed by atoms with Crippen molar-refractivity contribution in [2.75, 3.05) is 25.5 Å². The van der Waals surface area contributed by atoms with Crippen LogP contribution in [0.5, 0.6) is 0 Å². The van der Waals surface area contributed by atoms with E-state index in [0.717, 1.165) is 31.7 Å². The molecule has 1 aliphatic heterocycles. The Morgan fingerprint density at radius 1 is 1.08 bits per heavy atom. The first-order valence-electron chi connectivity index (χ1n) is 7.88. The van der Waals surface area contributed by atoms with Gasteiger partial charge in [-0.1, -0.05) is 6.07 Å². The fraction of sp³-hybridized carbons (Fsp3) is 0.353. The molecule has 0 atom stereocenters. The third-order valence-corrected chi connectivity index (χ3v) is 4.11. The predicted octanol–water partition coefficient (Wildman–Crippen LogP) is 2.47. The van der Waals surface area contributed by atoms with Crippen molar-refractivity contribution in [2.24, 2.45) is 0 Å². The highest BCUT2D eigenvalue weighted by Crippen LogP contribution is 2.25. The number of aromatic nitrogens is 2. The molecule has 6 nitrogen and oxygen atoms in total. The highest BCUT2D eigenvalue weighted by Gasteiger charge is 2.15. The molecule has 1 fully saturated rings. The summed E-state index contributed by atoms with van der Waals surface area (Å²) < 4.78 is 0. The zero-order valence-electron chi connectivity index (χ0n) is 13.6. The second kappa shape index (κ2) is 8.61. The summed E-state index contributed by atoms with van der Waals surface area (Å²) in [6, 6.07) is 7.61. The minimum atomic E-state index is -0.145. The van der Waals surface area contributed by atoms with Gasteiger partial charge >= 0.3 is 0 Å². The molecule has 0 bridgehead atoms. The van der Waals surface area contributed by atoms with E-state index in [1.807, 2.05) is 12.3 Å². The molecule has 3 N–H and O–H groups in total. The van der Waals surface area contributed by atoms with Gasteiger partial charge in [-0.3, -0.25) is 4.79 Å². The molecule has 7 heteroatoms. The fourth-order valence-corrected chi connectivity index (χ4v) is 2.75. The lowest BCUT2D eigenvalue weighted by molar-refractivity contribution is 0.0963. The van der Waals surface area contributed by atoms with Crippen LogP contribution in [0.3, 0.4) is 0 Å². The van der Waals surface area contributed by atoms with Gasteiger partial charge in [0.05, 0.1) is 5.56 Å². The van der Waals surface area contributed by atoms with Crippen LogP contribution in [0, 0.1) is 0 Å². The van der Waals surface area contributed by atoms with E-state index in [-0.39, 0.29) is 18.3 Å². The molecule has 128 valence electrons. The highest BCUT2D eigenvalue weighted by molar-refractivity contribution is 5.93. The quantitative estimate of drug-likeness (QED) is 0.791. The molecule has 1 aliphatic rings. The highest BCUT2D eigenvalue weighted by atomic mass is 35.5. The Balaban J connectivity index is 0.00000208. The van der Waals surface area contributed by atoms with Gasteiger partial charge in [0.15, 0.2) is 0 Å². The molecular formula is C17H22ClN5O. The number of hydrogen-bond acceptors (Lipinski definition) is 5. The van der Waals surface area contributed by atoms with Crippen LogP contribution in [0.15, 0.2) is 36.7 Å². The average molecular weight is 348 g/mol. The van der Waals surface area contributed by atoms with Crippen molar-refractivity contribution in [3.05, 3.63) is 47.8 Å². The Bertz CT molecular complexity index is 654. The van der Waals surface area contributed by atoms with Crippen LogP contribution in [0.25, 0.3) is 0 Å². The number of hydrogen-bond donors (Lipinski definition) is 3. The van der Waals surface area contributed by atoms with Gasteiger partial charge in [0.25, 0.3) is 5.91 Å². The Kier molecular flexibility index (Phi) is 6.52. The minimum absolute atomic E-state index is 0. The van der Waals surface area contributed by atoms with E-state index in [1.54, 1.807) is 25.4 Å². The lowest BCUT2D eigenvalue weighted by atomic mass is 9.91. The Hall–Kier alpha value is -2.18. The first kappa shape index (κ1) is 18.2. The summed E-state index contributed by atoms with van der Waals surface area (Å²) in [6.07, 6.45) is 5.82. The fourth-order valence-electron chi connectivity index (χ4n) is 2.75. The summed E-state index contributed by atoms with van der Waals surface area (Å²) in [4.78, 5) is 20.2. The van der Waals surface area contributed by atoms with Gasteiger partial charge in [0, 0.05) is 19.4 Å². The standard InChI is InChI=1S/C17H21N5O.ClH/c1-18-17(23)14-3-5-16(21-11-14)22-15-4-2-13(10-20-15)12-6-8-19-9-7-12;/h2-5,10-12,19H,6-9H2,1H3,(H,18,23)(H,20,21,22);1H. The number of nitrogens with zero attached hydrogens (tertiary/aromatic N) is 2. The molecule has 3 rings (SSSR count). The number of rotatable bonds is 4. The van der Waals surface area contributed by atoms with Crippen LogP contribution in [-0.4, -0.2) is 36.0 Å². The molecule has 0 spiro atoms. The number of amides is 1. The van der Waals surface area contributed by atoms with Crippen LogP contribution in [0.1, 0.15) is 34.7 Å². The topological polar surface area (TPSA) is 78.9 Å². The van der Waals surface area contributed by atoms with E-state index in [2.05, 4.69) is 32.0 Å². The monoisotopic (exact) mass is 347 g/mol. The average Bonchev–Trinajstić information content (AvgIpc) is 2.63. The largest absolute Gasteiger partial charge is 0.355 e. The molecule has 24 heavy (non-hydrogen) atoms. The molecule has 0 aliphatic carbocycles. The van der Waals surface area contributed by atoms with E-state index in [1.165, 1.54) is 5.56 Å². The maximum Gasteiger partial charge on any atom is 0.252 e. The van der Waals surface area contributed by atoms with Crippen molar-refractivity contribution >= 4 is 29.9 Å². The van der Waals surface area contributed by atoms with Crippen LogP contribution in [0.2, 0.25) is 0 Å². The van der Waals surface area contributed by atoms with Crippen LogP contribution < -0.4 is 16.0 Å². The maximum atomic E-state index is 11.5. The zero-order valence-corrected chi connectivity index (χ0v) is 14.4. The molecule has 1 amide bonds. The van der Waals surface area contributed by atoms with Crippen molar-refractivity contribution in [2.45, 2.75) is 18.8 Å². The normalized spacial score (nSPS) is 14.5. The number of piperidine rings is 1. The lowest BCUT2D eigenvalue weighted by Gasteiger charge is -2.22. The number of carbonyl (C=O) groups excluding carboxylic acids is 1. The van der Waals surface area contributed by atoms with Crippen molar-refractivity contribution in [3.8, 4) is 0 Å². The van der Waals surface area contributed by atoms with Crippen molar-refractivity contribution in [1.82, 2.24) is 20.6 Å². The second-order valence-corrected chi connectivity index (χ2v) is 5.64. The Morgan fingerprint density at radius 2 is 1.75 bits per heavy atom. The number of halogens is 1. The summed E-state index contributed by atoms with van der Waals surface area (Å²) in [5, 5.41) is 9.10. The molecule has 1 saturated heterocycles. The van der Waals surface area contributed by atoms with Gasteiger partial charge in [0.2, 0.25) is 0 Å². The summed E-state index contributed by atoms with van der Waals surface area (Å²) in [5.41, 5.74) is 1.83. The van der Waals surface area contributed by atoms with Crippen molar-refractivity contribution in [3.63, 3.8) is 0 Å². The van der Waals surface area contributed by atoms with Gasteiger partial charge in [-0.15, -0.1) is 12.4 Å². The van der Waals surface area contributed by atoms with Crippen LogP contribution in [-0.2, 0) is 0 Å². The molecule has 0 saturated carbocycles. The molecule has 2 aromatic heterocycles. The van der Waals surface area contributed by atoms with Crippen molar-refractivity contribution in [1.29, 1.82) is 0 Å². The van der Waals surface area contributed by atoms with Gasteiger partial charge in [-0.05, 0) is 55.6 Å². The third kappa shape index (κ3) is 4.43. The molecule has 0 aromatic carbocycles. The SMILES string of the molecule is CNC(=O)c1ccc(Nc2ccc(C3CCNCC3)cn2)nc1.Cl. The smallest absolute Gasteiger partial charge is 0.252 e. The van der Waals surface area contributed by atoms with Gasteiger partial charge in [0.1, 0.15) is 11.6 Å². The zero-order chi connectivity index (χ0) is 16.1. The lowest BCUT2D eigenvalue weighted by Crippen LogP contribution is -2.26. The van der Waals surface area contributed by atoms with E-state index in [0.29, 0.717) is 17.3 Å². The van der Waals surface area contributed by atoms with Crippen LogP contribution >= 0.6 is 12.4 Å². The molecule has 0 radical (unpaired) electrons. The van der Waals surface area contributed by atoms with Gasteiger partial charge in [-0.2, -0.15) is 0 Å². The molecular weight excluding hydrogens is 326 g/mol. The number of carbonyl (C=O) groups is 1. The third-order valence-electron chi connectivity index (χ3n) is 4.11. The maximum absolute atomic E-state index is 11.5. The number of pyridine rings is 2. The molecule has 2 aromatic rings. The summed E-state index contributed by atoms with van der Waals surface area (Å²) in [7, 11) is 1.60. The number of anilines is 2. The molecule has 0 unspecified atom stereocenters. The van der Waals surface area contributed by atoms with E-state index >= 15 is 0 Å². The van der Waals surface area contributed by atoms with Gasteiger partial charge < -0.3 is 16.0 Å². The summed E-state index contributed by atoms with van der Waals surface area (Å²) >= 11 is 0. The van der Waals surface area contributed by atoms with Crippen LogP contribution in [0.4, 0.5) is 11.6 Å². The van der Waals surface area contributed by atoms with E-state index < -0.39 is 0 Å². The minimum Gasteiger partial charge on any atom is -0.355 e. The summed E-state index contributed by atoms with van der Waals surface area (Å²) in [5.74, 6) is 1.87. The predicted molar refractivity (Wildman–Crippen MR) is 97.2 cm³/mol. The number of nitrogens with one attached hydrogen (secondary N) is 3. The van der Waals surface area contributed by atoms with Crippen molar-refractivity contribution < 1.29 is 4.79 Å². The second-order valence-electron chi connectivity index (χ2n) is 5.64. The van der Waals surface area contributed by atoms with E-state index in [9.17, 15) is 4.79 Å². The first-order valence-corrected chi connectivity index (χ1v) is 7.88. The Morgan fingerprint density at radius 3 is 2.29 bits per heavy atom.